The smallest absolute Gasteiger partial charge is 0.164 e. The van der Waals surface area contributed by atoms with Gasteiger partial charge in [0, 0.05) is 116 Å². The number of nitriles is 2. The van der Waals surface area contributed by atoms with Gasteiger partial charge in [0.15, 0.2) is 40.8 Å². The highest BCUT2D eigenvalue weighted by Crippen LogP contribution is 2.56. The molecule has 6 heterocycles. The standard InChI is InChI=1S/C44H30N4.C43H29N5.C42H30N4/c1-44(2)37-20-8-6-18-33(37)35-25-42-36(24-38(35)44)34-19-7-9-21-41(34)48(42)32-17-11-16-31(23-32)43-46-39(29-13-4-3-5-14-29)26-40(47-43)30-15-10-12-28(22-30)27-45;1-43(2)36-20-8-6-18-32(36)34-25-39-35(24-37(34)43)33-19-7-9-21-38(33)48(39)31-17-11-16-30(23-31)42-46-40(28-13-4-3-5-14-28)45-41(47-42)29-15-10-12-27(22-29)26-44;1-42(2)33-19-11-9-17-31(33)37-34(42)25-26-36-38(37)32-18-10-12-20-35(32)46(36)30-23-21-29(22-24-30)41-44-39(27-13-5-3-6-14-27)43-40(45-41)28-15-7-4-8-16-28/h3-26H,1-2H3;3-25H,1-2H3;3-26H,1-2H3. The average Bonchev–Trinajstić information content (AvgIpc) is 1.53. The van der Waals surface area contributed by atoms with E-state index in [-0.39, 0.29) is 16.2 Å². The van der Waals surface area contributed by atoms with E-state index >= 15 is 0 Å². The second-order valence-corrected chi connectivity index (χ2v) is 38.4. The summed E-state index contributed by atoms with van der Waals surface area (Å²) in [6.45, 7) is 14.0. The van der Waals surface area contributed by atoms with E-state index in [4.69, 9.17) is 39.9 Å². The van der Waals surface area contributed by atoms with Crippen LogP contribution in [-0.2, 0) is 16.2 Å². The van der Waals surface area contributed by atoms with Crippen LogP contribution < -0.4 is 0 Å². The van der Waals surface area contributed by atoms with Crippen molar-refractivity contribution in [2.75, 3.05) is 0 Å². The van der Waals surface area contributed by atoms with Gasteiger partial charge in [0.25, 0.3) is 0 Å². The van der Waals surface area contributed by atoms with Crippen molar-refractivity contribution < 1.29 is 0 Å². The second kappa shape index (κ2) is 34.0. The van der Waals surface area contributed by atoms with Gasteiger partial charge in [-0.3, -0.25) is 0 Å². The molecule has 670 valence electrons. The Hall–Kier alpha value is -18.6. The van der Waals surface area contributed by atoms with Gasteiger partial charge in [-0.15, -0.1) is 0 Å². The normalized spacial score (nSPS) is 13.0. The van der Waals surface area contributed by atoms with Crippen molar-refractivity contribution in [3.05, 3.63) is 475 Å². The number of benzene rings is 18. The van der Waals surface area contributed by atoms with Crippen LogP contribution in [0.5, 0.6) is 0 Å². The summed E-state index contributed by atoms with van der Waals surface area (Å²) in [5, 5.41) is 26.7. The van der Waals surface area contributed by atoms with E-state index in [2.05, 4.69) is 328 Å². The monoisotopic (exact) mass is 1820 g/mol. The van der Waals surface area contributed by atoms with Gasteiger partial charge in [-0.1, -0.05) is 345 Å². The molecule has 13 heteroatoms. The van der Waals surface area contributed by atoms with E-state index in [1.54, 1.807) is 6.07 Å². The highest BCUT2D eigenvalue weighted by Gasteiger charge is 2.40. The maximum atomic E-state index is 9.59. The number of hydrogen-bond acceptors (Lipinski definition) is 10. The third-order valence-corrected chi connectivity index (χ3v) is 28.9. The predicted molar refractivity (Wildman–Crippen MR) is 576 cm³/mol. The first-order valence-corrected chi connectivity index (χ1v) is 48.0. The Bertz CT molecular complexity index is 8920. The molecule has 13 nitrogen and oxygen atoms in total. The molecule has 0 N–H and O–H groups in total. The SMILES string of the molecule is CC1(C)c2ccccc2-c2c1ccc1c2c2ccccc2n1-c1ccc(-c2nc(-c3ccccc3)nc(-c3ccccc3)n2)cc1.CC1(C)c2ccccc2-c2cc3c(cc21)c1ccccc1n3-c1cccc(-c2nc(-c3ccccc3)cc(-c3cccc(C#N)c3)n2)c1.CC1(C)c2ccccc2-c2cc3c(cc21)c1ccccc1n3-c1cccc(-c2nc(-c3ccccc3)nc(-c3cccc(C#N)c3)n2)c1. The lowest BCUT2D eigenvalue weighted by Gasteiger charge is -2.21. The molecule has 0 saturated carbocycles. The maximum absolute atomic E-state index is 9.59. The largest absolute Gasteiger partial charge is 0.309 e. The molecule has 0 radical (unpaired) electrons. The van der Waals surface area contributed by atoms with Gasteiger partial charge in [0.2, 0.25) is 0 Å². The second-order valence-electron chi connectivity index (χ2n) is 38.4. The lowest BCUT2D eigenvalue weighted by atomic mass is 9.82. The van der Waals surface area contributed by atoms with E-state index < -0.39 is 0 Å². The van der Waals surface area contributed by atoms with Crippen molar-refractivity contribution in [1.29, 1.82) is 10.5 Å². The van der Waals surface area contributed by atoms with Crippen molar-refractivity contribution in [3.8, 4) is 165 Å². The van der Waals surface area contributed by atoms with Crippen LogP contribution in [0.2, 0.25) is 0 Å². The fraction of sp³-hybridized carbons (Fsp3) is 0.0698. The van der Waals surface area contributed by atoms with Gasteiger partial charge in [-0.2, -0.15) is 10.5 Å². The third-order valence-electron chi connectivity index (χ3n) is 28.9. The van der Waals surface area contributed by atoms with E-state index in [1.807, 2.05) is 164 Å². The fourth-order valence-corrected chi connectivity index (χ4v) is 22.0. The molecule has 0 unspecified atom stereocenters. The Balaban J connectivity index is 0.000000112. The Morgan fingerprint density at radius 1 is 0.197 bits per heavy atom. The summed E-state index contributed by atoms with van der Waals surface area (Å²) in [7, 11) is 0. The topological polar surface area (TPSA) is 165 Å². The number of rotatable bonds is 12. The van der Waals surface area contributed by atoms with Crippen molar-refractivity contribution in [2.45, 2.75) is 57.8 Å². The van der Waals surface area contributed by atoms with Crippen LogP contribution in [0.25, 0.3) is 218 Å². The van der Waals surface area contributed by atoms with E-state index in [1.165, 1.54) is 116 Å². The minimum atomic E-state index is -0.0805. The zero-order chi connectivity index (χ0) is 95.6. The molecule has 6 aromatic heterocycles. The van der Waals surface area contributed by atoms with Gasteiger partial charge >= 0.3 is 0 Å². The molecule has 142 heavy (non-hydrogen) atoms. The number of para-hydroxylation sites is 3. The van der Waals surface area contributed by atoms with Crippen LogP contribution in [0, 0.1) is 22.7 Å². The van der Waals surface area contributed by atoms with Crippen LogP contribution in [-0.4, -0.2) is 53.6 Å². The van der Waals surface area contributed by atoms with Crippen LogP contribution in [0.15, 0.2) is 431 Å². The van der Waals surface area contributed by atoms with Gasteiger partial charge in [0.1, 0.15) is 0 Å². The van der Waals surface area contributed by atoms with Crippen molar-refractivity contribution in [2.24, 2.45) is 0 Å². The summed E-state index contributed by atoms with van der Waals surface area (Å²) in [4.78, 5) is 39.7. The number of fused-ring (bicyclic) bond motifs is 19. The lowest BCUT2D eigenvalue weighted by molar-refractivity contribution is 0.661. The summed E-state index contributed by atoms with van der Waals surface area (Å²) in [6, 6.07) is 154. The molecule has 0 saturated heterocycles. The molecule has 3 aliphatic rings. The molecule has 18 aromatic carbocycles. The zero-order valence-corrected chi connectivity index (χ0v) is 78.8. The highest BCUT2D eigenvalue weighted by molar-refractivity contribution is 6.18. The first-order chi connectivity index (χ1) is 69.6. The maximum Gasteiger partial charge on any atom is 0.164 e. The Morgan fingerprint density at radius 2 is 0.528 bits per heavy atom. The summed E-state index contributed by atoms with van der Waals surface area (Å²) < 4.78 is 7.13. The minimum Gasteiger partial charge on any atom is -0.309 e. The average molecular weight is 1820 g/mol. The summed E-state index contributed by atoms with van der Waals surface area (Å²) in [5.41, 5.74) is 37.1. The van der Waals surface area contributed by atoms with E-state index in [0.29, 0.717) is 51.9 Å². The molecule has 24 aromatic rings. The van der Waals surface area contributed by atoms with Crippen LogP contribution in [0.4, 0.5) is 0 Å². The fourth-order valence-electron chi connectivity index (χ4n) is 22.0. The molecular formula is C129H89N13. The third kappa shape index (κ3) is 14.3. The lowest BCUT2D eigenvalue weighted by Crippen LogP contribution is -2.14. The molecule has 0 fully saturated rings. The molecule has 0 atom stereocenters. The first-order valence-electron chi connectivity index (χ1n) is 48.0. The highest BCUT2D eigenvalue weighted by atomic mass is 15.1. The molecule has 0 bridgehead atoms. The molecule has 0 amide bonds. The number of hydrogen-bond donors (Lipinski definition) is 0. The zero-order valence-electron chi connectivity index (χ0n) is 78.8. The van der Waals surface area contributed by atoms with Gasteiger partial charge < -0.3 is 13.7 Å². The Morgan fingerprint density at radius 3 is 0.993 bits per heavy atom. The van der Waals surface area contributed by atoms with Crippen molar-refractivity contribution in [1.82, 2.24) is 53.6 Å². The Kier molecular flexibility index (Phi) is 20.4. The van der Waals surface area contributed by atoms with Crippen LogP contribution in [0.1, 0.15) is 86.1 Å². The number of nitrogens with zero attached hydrogens (tertiary/aromatic N) is 13. The molecule has 0 spiro atoms. The van der Waals surface area contributed by atoms with Gasteiger partial charge in [-0.25, -0.2) is 39.9 Å². The molecule has 0 aliphatic heterocycles. The van der Waals surface area contributed by atoms with Crippen LogP contribution in [0.3, 0.4) is 0 Å². The van der Waals surface area contributed by atoms with E-state index in [0.717, 1.165) is 95.1 Å². The molecule has 27 rings (SSSR count). The van der Waals surface area contributed by atoms with Crippen molar-refractivity contribution >= 4 is 65.4 Å². The number of aromatic nitrogens is 11. The van der Waals surface area contributed by atoms with Crippen LogP contribution >= 0.6 is 0 Å². The summed E-state index contributed by atoms with van der Waals surface area (Å²) in [6.07, 6.45) is 0. The predicted octanol–water partition coefficient (Wildman–Crippen LogP) is 31.2. The summed E-state index contributed by atoms with van der Waals surface area (Å²) in [5.74, 6) is 4.28. The van der Waals surface area contributed by atoms with Gasteiger partial charge in [0.05, 0.1) is 67.8 Å². The minimum absolute atomic E-state index is 0.0489. The molecule has 3 aliphatic carbocycles. The van der Waals surface area contributed by atoms with E-state index in [9.17, 15) is 10.5 Å². The van der Waals surface area contributed by atoms with Crippen molar-refractivity contribution in [3.63, 3.8) is 0 Å². The quantitative estimate of drug-likeness (QED) is 0.115. The summed E-state index contributed by atoms with van der Waals surface area (Å²) >= 11 is 0. The Labute approximate surface area is 821 Å². The first kappa shape index (κ1) is 85.1. The van der Waals surface area contributed by atoms with Gasteiger partial charge in [-0.05, 0) is 194 Å². The molecular weight excluding hydrogens is 1730 g/mol.